The first-order chi connectivity index (χ1) is 9.75. The van der Waals surface area contributed by atoms with E-state index in [-0.39, 0.29) is 0 Å². The van der Waals surface area contributed by atoms with E-state index < -0.39 is 0 Å². The minimum absolute atomic E-state index is 0.926. The van der Waals surface area contributed by atoms with E-state index in [2.05, 4.69) is 59.4 Å². The maximum atomic E-state index is 4.40. The standard InChI is InChI=1S/C17H16N3/c1-13-8-9-15(14-6-4-3-5-7-14)10-16(13)17-19-11-18-12-20(17)2/h3-12H,1-2H3/q+1. The second-order valence-corrected chi connectivity index (χ2v) is 4.84. The van der Waals surface area contributed by atoms with Gasteiger partial charge in [-0.05, 0) is 29.7 Å². The second kappa shape index (κ2) is 5.21. The first kappa shape index (κ1) is 12.5. The summed E-state index contributed by atoms with van der Waals surface area (Å²) < 4.78 is 1.94. The summed E-state index contributed by atoms with van der Waals surface area (Å²) >= 11 is 0. The molecule has 98 valence electrons. The van der Waals surface area contributed by atoms with E-state index in [1.165, 1.54) is 16.7 Å². The van der Waals surface area contributed by atoms with Crippen molar-refractivity contribution in [1.29, 1.82) is 0 Å². The van der Waals surface area contributed by atoms with Crippen LogP contribution < -0.4 is 4.57 Å². The van der Waals surface area contributed by atoms with Crippen LogP contribution in [0.3, 0.4) is 0 Å². The van der Waals surface area contributed by atoms with Gasteiger partial charge >= 0.3 is 0 Å². The molecule has 3 aromatic rings. The summed E-state index contributed by atoms with van der Waals surface area (Å²) in [5.74, 6) is 0.926. The largest absolute Gasteiger partial charge is 0.273 e. The first-order valence-corrected chi connectivity index (χ1v) is 6.58. The van der Waals surface area contributed by atoms with Crippen molar-refractivity contribution in [2.45, 2.75) is 6.92 Å². The van der Waals surface area contributed by atoms with Gasteiger partial charge in [0, 0.05) is 0 Å². The Balaban J connectivity index is 2.15. The van der Waals surface area contributed by atoms with E-state index in [1.807, 2.05) is 17.7 Å². The maximum absolute atomic E-state index is 4.40. The van der Waals surface area contributed by atoms with Crippen molar-refractivity contribution >= 4 is 0 Å². The number of rotatable bonds is 2. The number of hydrogen-bond donors (Lipinski definition) is 0. The normalized spacial score (nSPS) is 10.5. The van der Waals surface area contributed by atoms with Crippen LogP contribution in [0.25, 0.3) is 22.5 Å². The van der Waals surface area contributed by atoms with Crippen LogP contribution in [0.5, 0.6) is 0 Å². The van der Waals surface area contributed by atoms with Crippen molar-refractivity contribution in [2.75, 3.05) is 0 Å². The van der Waals surface area contributed by atoms with Gasteiger partial charge in [-0.25, -0.2) is 4.57 Å². The first-order valence-electron chi connectivity index (χ1n) is 6.58. The summed E-state index contributed by atoms with van der Waals surface area (Å²) in [5.41, 5.74) is 4.76. The van der Waals surface area contributed by atoms with Crippen LogP contribution in [0.4, 0.5) is 0 Å². The van der Waals surface area contributed by atoms with Gasteiger partial charge in [0.1, 0.15) is 0 Å². The third-order valence-corrected chi connectivity index (χ3v) is 3.41. The highest BCUT2D eigenvalue weighted by Crippen LogP contribution is 2.26. The summed E-state index contributed by atoms with van der Waals surface area (Å²) in [4.78, 5) is 8.43. The Morgan fingerprint density at radius 1 is 0.950 bits per heavy atom. The molecule has 2 aromatic carbocycles. The molecule has 3 heteroatoms. The van der Waals surface area contributed by atoms with Gasteiger partial charge in [0.15, 0.2) is 0 Å². The predicted molar refractivity (Wildman–Crippen MR) is 78.8 cm³/mol. The summed E-state index contributed by atoms with van der Waals surface area (Å²) in [6.45, 7) is 2.10. The third kappa shape index (κ3) is 2.30. The monoisotopic (exact) mass is 262 g/mol. The van der Waals surface area contributed by atoms with Gasteiger partial charge in [-0.15, -0.1) is 0 Å². The zero-order chi connectivity index (χ0) is 13.9. The Labute approximate surface area is 118 Å². The molecular formula is C17H16N3+. The number of aryl methyl sites for hydroxylation is 2. The molecule has 20 heavy (non-hydrogen) atoms. The maximum Gasteiger partial charge on any atom is 0.273 e. The van der Waals surface area contributed by atoms with Gasteiger partial charge in [-0.2, -0.15) is 0 Å². The number of nitrogens with zero attached hydrogens (tertiary/aromatic N) is 3. The van der Waals surface area contributed by atoms with E-state index in [4.69, 9.17) is 0 Å². The molecule has 0 N–H and O–H groups in total. The number of benzene rings is 2. The lowest BCUT2D eigenvalue weighted by Gasteiger charge is -2.07. The van der Waals surface area contributed by atoms with Crippen LogP contribution in [0.1, 0.15) is 5.56 Å². The number of hydrogen-bond acceptors (Lipinski definition) is 2. The molecule has 3 nitrogen and oxygen atoms in total. The molecular weight excluding hydrogens is 246 g/mol. The summed E-state index contributed by atoms with van der Waals surface area (Å²) in [7, 11) is 1.96. The van der Waals surface area contributed by atoms with Crippen LogP contribution in [0.2, 0.25) is 0 Å². The van der Waals surface area contributed by atoms with Crippen molar-refractivity contribution in [2.24, 2.45) is 7.05 Å². The Morgan fingerprint density at radius 2 is 1.75 bits per heavy atom. The fraction of sp³-hybridized carbons (Fsp3) is 0.118. The van der Waals surface area contributed by atoms with Crippen LogP contribution in [0.15, 0.2) is 61.2 Å². The Bertz CT molecular complexity index is 736. The van der Waals surface area contributed by atoms with Crippen molar-refractivity contribution in [3.63, 3.8) is 0 Å². The van der Waals surface area contributed by atoms with Crippen LogP contribution >= 0.6 is 0 Å². The van der Waals surface area contributed by atoms with Crippen molar-refractivity contribution in [1.82, 2.24) is 9.97 Å². The van der Waals surface area contributed by atoms with Gasteiger partial charge in [-0.1, -0.05) is 52.4 Å². The Kier molecular flexibility index (Phi) is 3.25. The molecule has 1 heterocycles. The highest BCUT2D eigenvalue weighted by Gasteiger charge is 2.13. The molecule has 0 aliphatic carbocycles. The van der Waals surface area contributed by atoms with Crippen LogP contribution in [-0.2, 0) is 7.05 Å². The zero-order valence-electron chi connectivity index (χ0n) is 11.6. The molecule has 1 aromatic heterocycles. The number of aromatic nitrogens is 3. The van der Waals surface area contributed by atoms with Crippen molar-refractivity contribution < 1.29 is 4.57 Å². The lowest BCUT2D eigenvalue weighted by atomic mass is 9.99. The highest BCUT2D eigenvalue weighted by atomic mass is 15.1. The lowest BCUT2D eigenvalue weighted by Crippen LogP contribution is -2.32. The molecule has 0 atom stereocenters. The molecule has 0 amide bonds. The average Bonchev–Trinajstić information content (AvgIpc) is 2.49. The third-order valence-electron chi connectivity index (χ3n) is 3.41. The van der Waals surface area contributed by atoms with E-state index in [0.29, 0.717) is 0 Å². The summed E-state index contributed by atoms with van der Waals surface area (Å²) in [6.07, 6.45) is 3.36. The fourth-order valence-corrected chi connectivity index (χ4v) is 2.30. The summed E-state index contributed by atoms with van der Waals surface area (Å²) in [6, 6.07) is 16.9. The highest BCUT2D eigenvalue weighted by molar-refractivity contribution is 5.71. The van der Waals surface area contributed by atoms with E-state index in [1.54, 1.807) is 12.7 Å². The van der Waals surface area contributed by atoms with E-state index >= 15 is 0 Å². The molecule has 0 fully saturated rings. The molecule has 0 aliphatic rings. The Morgan fingerprint density at radius 3 is 2.50 bits per heavy atom. The lowest BCUT2D eigenvalue weighted by molar-refractivity contribution is -0.666. The molecule has 0 spiro atoms. The Hall–Kier alpha value is -2.55. The van der Waals surface area contributed by atoms with Crippen molar-refractivity contribution in [3.8, 4) is 22.5 Å². The van der Waals surface area contributed by atoms with Gasteiger partial charge in [-0.3, -0.25) is 0 Å². The quantitative estimate of drug-likeness (QED) is 0.665. The van der Waals surface area contributed by atoms with Gasteiger partial charge < -0.3 is 0 Å². The van der Waals surface area contributed by atoms with Gasteiger partial charge in [0.25, 0.3) is 12.2 Å². The van der Waals surface area contributed by atoms with Gasteiger partial charge in [0.05, 0.1) is 12.6 Å². The molecule has 0 saturated carbocycles. The minimum atomic E-state index is 0.926. The predicted octanol–water partition coefficient (Wildman–Crippen LogP) is 2.94. The second-order valence-electron chi connectivity index (χ2n) is 4.84. The minimum Gasteiger partial charge on any atom is -0.236 e. The molecule has 3 rings (SSSR count). The van der Waals surface area contributed by atoms with Gasteiger partial charge in [0.2, 0.25) is 6.33 Å². The molecule has 0 bridgehead atoms. The fourth-order valence-electron chi connectivity index (χ4n) is 2.30. The van der Waals surface area contributed by atoms with E-state index in [9.17, 15) is 0 Å². The smallest absolute Gasteiger partial charge is 0.236 e. The summed E-state index contributed by atoms with van der Waals surface area (Å²) in [5, 5.41) is 0. The van der Waals surface area contributed by atoms with Crippen molar-refractivity contribution in [3.05, 3.63) is 66.7 Å². The molecule has 0 radical (unpaired) electrons. The molecule has 0 unspecified atom stereocenters. The average molecular weight is 262 g/mol. The van der Waals surface area contributed by atoms with Crippen LogP contribution in [0, 0.1) is 6.92 Å². The molecule has 0 saturated heterocycles. The zero-order valence-corrected chi connectivity index (χ0v) is 11.6. The van der Waals surface area contributed by atoms with Crippen LogP contribution in [-0.4, -0.2) is 9.97 Å². The SMILES string of the molecule is Cc1ccc(-c2ccccc2)cc1-c1ncnc[n+]1C. The molecule has 0 aliphatic heterocycles. The van der Waals surface area contributed by atoms with E-state index in [0.717, 1.165) is 11.4 Å². The topological polar surface area (TPSA) is 29.7 Å².